The minimum Gasteiger partial charge on any atom is -0.462 e. The normalized spacial score (nSPS) is 39.8. The molecule has 0 saturated heterocycles. The highest BCUT2D eigenvalue weighted by atomic mass is 16.5. The highest BCUT2D eigenvalue weighted by molar-refractivity contribution is 5.66. The predicted octanol–water partition coefficient (Wildman–Crippen LogP) is 2.29. The van der Waals surface area contributed by atoms with Crippen molar-refractivity contribution in [2.75, 3.05) is 0 Å². The van der Waals surface area contributed by atoms with Gasteiger partial charge in [0, 0.05) is 18.8 Å². The van der Waals surface area contributed by atoms with Gasteiger partial charge in [0.05, 0.1) is 0 Å². The van der Waals surface area contributed by atoms with E-state index in [1.165, 1.54) is 25.3 Å². The van der Waals surface area contributed by atoms with Crippen LogP contribution in [0.1, 0.15) is 33.1 Å². The summed E-state index contributed by atoms with van der Waals surface area (Å²) in [6.45, 7) is 3.59. The second-order valence-corrected chi connectivity index (χ2v) is 4.09. The number of carbonyl (C=O) groups excluding carboxylic acids is 1. The monoisotopic (exact) mass is 180 g/mol. The summed E-state index contributed by atoms with van der Waals surface area (Å²) in [5.74, 6) is 1.03. The molecule has 2 saturated carbocycles. The van der Waals surface area contributed by atoms with Crippen molar-refractivity contribution in [3.8, 4) is 0 Å². The summed E-state index contributed by atoms with van der Waals surface area (Å²) >= 11 is 0. The van der Waals surface area contributed by atoms with E-state index in [1.54, 1.807) is 0 Å². The van der Waals surface area contributed by atoms with Gasteiger partial charge in [-0.05, 0) is 26.2 Å². The number of carbonyl (C=O) groups is 1. The molecule has 2 heteroatoms. The second kappa shape index (κ2) is 3.17. The largest absolute Gasteiger partial charge is 0.462 e. The zero-order chi connectivity index (χ0) is 9.42. The lowest BCUT2D eigenvalue weighted by molar-refractivity contribution is -0.148. The summed E-state index contributed by atoms with van der Waals surface area (Å²) in [5, 5.41) is 0. The molecule has 2 rings (SSSR count). The molecule has 72 valence electrons. The number of hydrogen-bond donors (Lipinski definition) is 0. The Morgan fingerprint density at radius 2 is 2.31 bits per heavy atom. The van der Waals surface area contributed by atoms with Gasteiger partial charge in [-0.2, -0.15) is 0 Å². The van der Waals surface area contributed by atoms with Crippen LogP contribution >= 0.6 is 0 Å². The summed E-state index contributed by atoms with van der Waals surface area (Å²) in [6, 6.07) is 0. The van der Waals surface area contributed by atoms with E-state index in [0.717, 1.165) is 6.42 Å². The van der Waals surface area contributed by atoms with Gasteiger partial charge in [0.25, 0.3) is 0 Å². The summed E-state index contributed by atoms with van der Waals surface area (Å²) in [4.78, 5) is 10.9. The highest BCUT2D eigenvalue weighted by Crippen LogP contribution is 2.49. The molecule has 2 aliphatic rings. The Hall–Kier alpha value is -0.790. The lowest BCUT2D eigenvalue weighted by Crippen LogP contribution is -2.20. The molecule has 0 spiro atoms. The number of allylic oxidation sites excluding steroid dienone is 1. The van der Waals surface area contributed by atoms with Crippen molar-refractivity contribution in [2.45, 2.75) is 39.2 Å². The maximum absolute atomic E-state index is 10.9. The fourth-order valence-electron chi connectivity index (χ4n) is 2.82. The van der Waals surface area contributed by atoms with Gasteiger partial charge in [-0.1, -0.05) is 11.6 Å². The van der Waals surface area contributed by atoms with E-state index in [9.17, 15) is 4.79 Å². The predicted molar refractivity (Wildman–Crippen MR) is 50.1 cm³/mol. The zero-order valence-electron chi connectivity index (χ0n) is 8.25. The molecule has 0 N–H and O–H groups in total. The third-order valence-electron chi connectivity index (χ3n) is 3.36. The Bertz CT molecular complexity index is 255. The standard InChI is InChI=1S/C11H16O2/c1-3-8-6-9-4-5-10(8)11(9)13-7(2)12/h3,9-11H,4-6H2,1-2H3/b8-3-. The van der Waals surface area contributed by atoms with Gasteiger partial charge < -0.3 is 4.74 Å². The van der Waals surface area contributed by atoms with E-state index in [1.807, 2.05) is 0 Å². The topological polar surface area (TPSA) is 26.3 Å². The van der Waals surface area contributed by atoms with Crippen molar-refractivity contribution in [1.29, 1.82) is 0 Å². The van der Waals surface area contributed by atoms with Crippen LogP contribution in [0.5, 0.6) is 0 Å². The fraction of sp³-hybridized carbons (Fsp3) is 0.727. The molecule has 0 radical (unpaired) electrons. The SMILES string of the molecule is C/C=C1/CC2CCC1C2OC(C)=O. The van der Waals surface area contributed by atoms with Crippen molar-refractivity contribution in [2.24, 2.45) is 11.8 Å². The Kier molecular flexibility index (Phi) is 2.14. The number of rotatable bonds is 1. The molecule has 2 nitrogen and oxygen atoms in total. The van der Waals surface area contributed by atoms with Crippen LogP contribution in [0, 0.1) is 11.8 Å². The smallest absolute Gasteiger partial charge is 0.302 e. The van der Waals surface area contributed by atoms with Gasteiger partial charge in [-0.25, -0.2) is 0 Å². The van der Waals surface area contributed by atoms with Crippen LogP contribution in [-0.2, 0) is 9.53 Å². The molecule has 3 unspecified atom stereocenters. The van der Waals surface area contributed by atoms with Gasteiger partial charge in [0.15, 0.2) is 0 Å². The number of hydrogen-bond acceptors (Lipinski definition) is 2. The van der Waals surface area contributed by atoms with E-state index >= 15 is 0 Å². The first-order valence-corrected chi connectivity index (χ1v) is 5.04. The molecule has 0 heterocycles. The molecule has 0 aliphatic heterocycles. The molecule has 13 heavy (non-hydrogen) atoms. The molecule has 2 aliphatic carbocycles. The Labute approximate surface area is 79.0 Å². The molecule has 0 amide bonds. The summed E-state index contributed by atoms with van der Waals surface area (Å²) in [6.07, 6.45) is 5.99. The lowest BCUT2D eigenvalue weighted by Gasteiger charge is -2.15. The van der Waals surface area contributed by atoms with Crippen LogP contribution in [0.4, 0.5) is 0 Å². The van der Waals surface area contributed by atoms with E-state index in [4.69, 9.17) is 4.74 Å². The van der Waals surface area contributed by atoms with E-state index in [-0.39, 0.29) is 12.1 Å². The summed E-state index contributed by atoms with van der Waals surface area (Å²) < 4.78 is 5.35. The van der Waals surface area contributed by atoms with Gasteiger partial charge in [0.2, 0.25) is 0 Å². The molecular weight excluding hydrogens is 164 g/mol. The summed E-state index contributed by atoms with van der Waals surface area (Å²) in [5.41, 5.74) is 1.50. The maximum Gasteiger partial charge on any atom is 0.302 e. The molecule has 3 atom stereocenters. The minimum atomic E-state index is -0.126. The first-order valence-electron chi connectivity index (χ1n) is 5.04. The van der Waals surface area contributed by atoms with E-state index in [0.29, 0.717) is 11.8 Å². The van der Waals surface area contributed by atoms with E-state index < -0.39 is 0 Å². The molecule has 0 aromatic heterocycles. The van der Waals surface area contributed by atoms with Crippen LogP contribution < -0.4 is 0 Å². The van der Waals surface area contributed by atoms with E-state index in [2.05, 4.69) is 13.0 Å². The van der Waals surface area contributed by atoms with Crippen molar-refractivity contribution in [3.63, 3.8) is 0 Å². The first-order chi connectivity index (χ1) is 6.22. The summed E-state index contributed by atoms with van der Waals surface area (Å²) in [7, 11) is 0. The minimum absolute atomic E-state index is 0.126. The van der Waals surface area contributed by atoms with Gasteiger partial charge in [-0.3, -0.25) is 4.79 Å². The van der Waals surface area contributed by atoms with Crippen molar-refractivity contribution < 1.29 is 9.53 Å². The second-order valence-electron chi connectivity index (χ2n) is 4.09. The fourth-order valence-corrected chi connectivity index (χ4v) is 2.82. The lowest BCUT2D eigenvalue weighted by atomic mass is 9.95. The average Bonchev–Trinajstić information content (AvgIpc) is 2.61. The molecule has 2 bridgehead atoms. The molecule has 0 aromatic rings. The van der Waals surface area contributed by atoms with Crippen LogP contribution in [0.2, 0.25) is 0 Å². The van der Waals surface area contributed by atoms with Crippen LogP contribution in [0.15, 0.2) is 11.6 Å². The van der Waals surface area contributed by atoms with Crippen LogP contribution in [0.25, 0.3) is 0 Å². The third-order valence-corrected chi connectivity index (χ3v) is 3.36. The maximum atomic E-state index is 10.9. The zero-order valence-corrected chi connectivity index (χ0v) is 8.25. The highest BCUT2D eigenvalue weighted by Gasteiger charge is 2.46. The molecular formula is C11H16O2. The van der Waals surface area contributed by atoms with Crippen molar-refractivity contribution in [3.05, 3.63) is 11.6 Å². The molecule has 0 aromatic carbocycles. The van der Waals surface area contributed by atoms with Gasteiger partial charge in [-0.15, -0.1) is 0 Å². The average molecular weight is 180 g/mol. The number of ether oxygens (including phenoxy) is 1. The Balaban J connectivity index is 2.11. The van der Waals surface area contributed by atoms with Gasteiger partial charge in [0.1, 0.15) is 6.10 Å². The number of fused-ring (bicyclic) bond motifs is 2. The van der Waals surface area contributed by atoms with Gasteiger partial charge >= 0.3 is 5.97 Å². The van der Waals surface area contributed by atoms with Crippen LogP contribution in [0.3, 0.4) is 0 Å². The third kappa shape index (κ3) is 1.38. The Morgan fingerprint density at radius 1 is 1.54 bits per heavy atom. The first kappa shape index (κ1) is 8.79. The number of esters is 1. The Morgan fingerprint density at radius 3 is 2.85 bits per heavy atom. The van der Waals surface area contributed by atoms with Crippen molar-refractivity contribution >= 4 is 5.97 Å². The van der Waals surface area contributed by atoms with Crippen molar-refractivity contribution in [1.82, 2.24) is 0 Å². The quantitative estimate of drug-likeness (QED) is 0.457. The van der Waals surface area contributed by atoms with Crippen LogP contribution in [-0.4, -0.2) is 12.1 Å². The molecule has 2 fully saturated rings.